The van der Waals surface area contributed by atoms with Gasteiger partial charge in [0.25, 0.3) is 0 Å². The number of hydrogen-bond acceptors (Lipinski definition) is 3. The molecule has 0 aromatic rings. The molecule has 0 aromatic heterocycles. The van der Waals surface area contributed by atoms with Crippen molar-refractivity contribution in [2.24, 2.45) is 11.8 Å². The molecule has 1 heterocycles. The largest absolute Gasteiger partial charge is 0.390 e. The van der Waals surface area contributed by atoms with Crippen LogP contribution < -0.4 is 0 Å². The van der Waals surface area contributed by atoms with E-state index in [-0.39, 0.29) is 18.1 Å². The lowest BCUT2D eigenvalue weighted by Gasteiger charge is -2.43. The van der Waals surface area contributed by atoms with Crippen molar-refractivity contribution in [2.75, 3.05) is 0 Å². The van der Waals surface area contributed by atoms with Gasteiger partial charge < -0.3 is 14.9 Å². The van der Waals surface area contributed by atoms with Gasteiger partial charge in [0.05, 0.1) is 18.3 Å². The first kappa shape index (κ1) is 12.0. The Labute approximate surface area is 86.1 Å². The third kappa shape index (κ3) is 2.10. The highest BCUT2D eigenvalue weighted by Crippen LogP contribution is 2.31. The predicted molar refractivity (Wildman–Crippen MR) is 55.0 cm³/mol. The molecule has 84 valence electrons. The summed E-state index contributed by atoms with van der Waals surface area (Å²) in [5.41, 5.74) is 0. The highest BCUT2D eigenvalue weighted by molar-refractivity contribution is 4.90. The van der Waals surface area contributed by atoms with Crippen molar-refractivity contribution >= 4 is 0 Å². The van der Waals surface area contributed by atoms with Crippen LogP contribution in [0.3, 0.4) is 0 Å². The quantitative estimate of drug-likeness (QED) is 0.707. The molecule has 0 bridgehead atoms. The third-order valence-electron chi connectivity index (χ3n) is 3.18. The van der Waals surface area contributed by atoms with Gasteiger partial charge in [-0.3, -0.25) is 0 Å². The van der Waals surface area contributed by atoms with Crippen molar-refractivity contribution in [3.63, 3.8) is 0 Å². The van der Waals surface area contributed by atoms with Gasteiger partial charge in [0.2, 0.25) is 0 Å². The Hall–Kier alpha value is -0.120. The van der Waals surface area contributed by atoms with Gasteiger partial charge in [-0.05, 0) is 12.3 Å². The molecular formula is C11H22O3. The van der Waals surface area contributed by atoms with Crippen LogP contribution in [-0.4, -0.2) is 34.6 Å². The second-order valence-corrected chi connectivity index (χ2v) is 4.63. The molecule has 0 aliphatic carbocycles. The van der Waals surface area contributed by atoms with Crippen LogP contribution >= 0.6 is 0 Å². The zero-order valence-corrected chi connectivity index (χ0v) is 9.47. The predicted octanol–water partition coefficient (Wildman–Crippen LogP) is 1.18. The molecule has 1 rings (SSSR count). The highest BCUT2D eigenvalue weighted by atomic mass is 16.5. The van der Waals surface area contributed by atoms with Gasteiger partial charge in [0.15, 0.2) is 0 Å². The van der Waals surface area contributed by atoms with Crippen LogP contribution in [0.2, 0.25) is 0 Å². The molecule has 1 aliphatic heterocycles. The molecule has 14 heavy (non-hydrogen) atoms. The lowest BCUT2D eigenvalue weighted by molar-refractivity contribution is -0.206. The Balaban J connectivity index is 2.73. The van der Waals surface area contributed by atoms with E-state index in [1.807, 2.05) is 13.8 Å². The summed E-state index contributed by atoms with van der Waals surface area (Å²) < 4.78 is 5.78. The topological polar surface area (TPSA) is 49.7 Å². The molecule has 5 unspecified atom stereocenters. The average molecular weight is 202 g/mol. The zero-order chi connectivity index (χ0) is 10.9. The van der Waals surface area contributed by atoms with Crippen molar-refractivity contribution in [1.82, 2.24) is 0 Å². The SMILES string of the molecule is CCC1OC(C(C)C)C(C)C(O)C1O. The van der Waals surface area contributed by atoms with Crippen molar-refractivity contribution < 1.29 is 14.9 Å². The maximum absolute atomic E-state index is 9.84. The number of ether oxygens (including phenoxy) is 1. The maximum Gasteiger partial charge on any atom is 0.106 e. The fourth-order valence-electron chi connectivity index (χ4n) is 2.23. The summed E-state index contributed by atoms with van der Waals surface area (Å²) in [7, 11) is 0. The smallest absolute Gasteiger partial charge is 0.106 e. The summed E-state index contributed by atoms with van der Waals surface area (Å²) in [6, 6.07) is 0. The number of rotatable bonds is 2. The number of aliphatic hydroxyl groups is 2. The summed E-state index contributed by atoms with van der Waals surface area (Å²) in [5, 5.41) is 19.6. The van der Waals surface area contributed by atoms with E-state index in [0.29, 0.717) is 5.92 Å². The van der Waals surface area contributed by atoms with Crippen molar-refractivity contribution in [1.29, 1.82) is 0 Å². The molecule has 1 fully saturated rings. The first-order valence-corrected chi connectivity index (χ1v) is 5.50. The zero-order valence-electron chi connectivity index (χ0n) is 9.47. The lowest BCUT2D eigenvalue weighted by Crippen LogP contribution is -2.54. The van der Waals surface area contributed by atoms with Gasteiger partial charge >= 0.3 is 0 Å². The van der Waals surface area contributed by atoms with Gasteiger partial charge in [0.1, 0.15) is 6.10 Å². The molecule has 0 aromatic carbocycles. The van der Waals surface area contributed by atoms with E-state index < -0.39 is 12.2 Å². The minimum absolute atomic E-state index is 0.00722. The molecule has 3 heteroatoms. The summed E-state index contributed by atoms with van der Waals surface area (Å²) in [6.07, 6.45) is -0.799. The first-order valence-electron chi connectivity index (χ1n) is 5.50. The molecule has 1 aliphatic rings. The Morgan fingerprint density at radius 1 is 1.21 bits per heavy atom. The minimum atomic E-state index is -0.731. The Morgan fingerprint density at radius 3 is 2.21 bits per heavy atom. The normalized spacial score (nSPS) is 44.4. The van der Waals surface area contributed by atoms with Crippen LogP contribution in [-0.2, 0) is 4.74 Å². The summed E-state index contributed by atoms with van der Waals surface area (Å²) in [6.45, 7) is 8.06. The van der Waals surface area contributed by atoms with Gasteiger partial charge in [-0.2, -0.15) is 0 Å². The molecule has 5 atom stereocenters. The second kappa shape index (κ2) is 4.60. The summed E-state index contributed by atoms with van der Waals surface area (Å²) >= 11 is 0. The Kier molecular flexibility index (Phi) is 3.93. The Bertz CT molecular complexity index is 179. The van der Waals surface area contributed by atoms with Gasteiger partial charge in [-0.15, -0.1) is 0 Å². The van der Waals surface area contributed by atoms with Crippen LogP contribution in [0.4, 0.5) is 0 Å². The van der Waals surface area contributed by atoms with Crippen molar-refractivity contribution in [3.05, 3.63) is 0 Å². The van der Waals surface area contributed by atoms with Crippen LogP contribution in [0.25, 0.3) is 0 Å². The number of aliphatic hydroxyl groups excluding tert-OH is 2. The second-order valence-electron chi connectivity index (χ2n) is 4.63. The highest BCUT2D eigenvalue weighted by Gasteiger charge is 2.42. The fourth-order valence-corrected chi connectivity index (χ4v) is 2.23. The van der Waals surface area contributed by atoms with E-state index in [1.165, 1.54) is 0 Å². The molecule has 2 N–H and O–H groups in total. The monoisotopic (exact) mass is 202 g/mol. The van der Waals surface area contributed by atoms with Crippen molar-refractivity contribution in [2.45, 2.75) is 58.5 Å². The van der Waals surface area contributed by atoms with Gasteiger partial charge in [0, 0.05) is 5.92 Å². The Morgan fingerprint density at radius 2 is 1.79 bits per heavy atom. The standard InChI is InChI=1S/C11H22O3/c1-5-8-10(13)9(12)7(4)11(14-8)6(2)3/h6-13H,5H2,1-4H3. The maximum atomic E-state index is 9.84. The van der Waals surface area contributed by atoms with E-state index in [1.54, 1.807) is 0 Å². The molecule has 0 saturated carbocycles. The molecule has 0 spiro atoms. The van der Waals surface area contributed by atoms with E-state index in [4.69, 9.17) is 4.74 Å². The van der Waals surface area contributed by atoms with Crippen LogP contribution in [0, 0.1) is 11.8 Å². The minimum Gasteiger partial charge on any atom is -0.390 e. The van der Waals surface area contributed by atoms with E-state index in [9.17, 15) is 10.2 Å². The van der Waals surface area contributed by atoms with Gasteiger partial charge in [-0.1, -0.05) is 27.7 Å². The summed E-state index contributed by atoms with van der Waals surface area (Å²) in [4.78, 5) is 0. The lowest BCUT2D eigenvalue weighted by atomic mass is 9.83. The molecule has 3 nitrogen and oxygen atoms in total. The molecule has 0 radical (unpaired) electrons. The summed E-state index contributed by atoms with van der Waals surface area (Å²) in [5.74, 6) is 0.383. The first-order chi connectivity index (χ1) is 6.49. The van der Waals surface area contributed by atoms with E-state index in [0.717, 1.165) is 6.42 Å². The molecular weight excluding hydrogens is 180 g/mol. The van der Waals surface area contributed by atoms with Crippen LogP contribution in [0.15, 0.2) is 0 Å². The van der Waals surface area contributed by atoms with E-state index >= 15 is 0 Å². The molecule has 1 saturated heterocycles. The average Bonchev–Trinajstić information content (AvgIpc) is 2.14. The number of hydrogen-bond donors (Lipinski definition) is 2. The van der Waals surface area contributed by atoms with Crippen LogP contribution in [0.5, 0.6) is 0 Å². The van der Waals surface area contributed by atoms with Gasteiger partial charge in [-0.25, -0.2) is 0 Å². The third-order valence-corrected chi connectivity index (χ3v) is 3.18. The molecule has 0 amide bonds. The fraction of sp³-hybridized carbons (Fsp3) is 1.00. The van der Waals surface area contributed by atoms with Crippen molar-refractivity contribution in [3.8, 4) is 0 Å². The van der Waals surface area contributed by atoms with Crippen LogP contribution in [0.1, 0.15) is 34.1 Å². The van der Waals surface area contributed by atoms with E-state index in [2.05, 4.69) is 13.8 Å².